The predicted molar refractivity (Wildman–Crippen MR) is 82.3 cm³/mol. The second-order valence-electron chi connectivity index (χ2n) is 5.29. The summed E-state index contributed by atoms with van der Waals surface area (Å²) in [5.74, 6) is 1.97. The Morgan fingerprint density at radius 1 is 1.35 bits per heavy atom. The molecule has 106 valence electrons. The van der Waals surface area contributed by atoms with E-state index in [1.807, 2.05) is 18.3 Å². The van der Waals surface area contributed by atoms with Crippen molar-refractivity contribution in [3.63, 3.8) is 0 Å². The normalized spacial score (nSPS) is 14.5. The quantitative estimate of drug-likeness (QED) is 0.877. The van der Waals surface area contributed by atoms with E-state index in [2.05, 4.69) is 22.0 Å². The van der Waals surface area contributed by atoms with Crippen molar-refractivity contribution in [1.82, 2.24) is 4.98 Å². The van der Waals surface area contributed by atoms with Crippen LogP contribution in [0.25, 0.3) is 10.8 Å². The van der Waals surface area contributed by atoms with E-state index in [1.165, 1.54) is 23.6 Å². The first-order valence-electron chi connectivity index (χ1n) is 7.23. The summed E-state index contributed by atoms with van der Waals surface area (Å²) in [5, 5.41) is 2.37. The van der Waals surface area contributed by atoms with Crippen molar-refractivity contribution in [2.24, 2.45) is 5.73 Å². The van der Waals surface area contributed by atoms with Gasteiger partial charge in [-0.15, -0.1) is 0 Å². The minimum absolute atomic E-state index is 0.641. The molecule has 0 atom stereocenters. The number of methoxy groups -OCH3 is 1. The number of nitrogens with zero attached hydrogens (tertiary/aromatic N) is 2. The highest BCUT2D eigenvalue weighted by atomic mass is 16.5. The van der Waals surface area contributed by atoms with Gasteiger partial charge in [-0.2, -0.15) is 0 Å². The zero-order valence-corrected chi connectivity index (χ0v) is 11.9. The minimum Gasteiger partial charge on any atom is -0.497 e. The number of benzene rings is 1. The number of pyridine rings is 1. The summed E-state index contributed by atoms with van der Waals surface area (Å²) in [6.07, 6.45) is 5.41. The lowest BCUT2D eigenvalue weighted by Gasteiger charge is -2.24. The fraction of sp³-hybridized carbons (Fsp3) is 0.438. The molecule has 1 fully saturated rings. The lowest BCUT2D eigenvalue weighted by Crippen LogP contribution is -2.29. The van der Waals surface area contributed by atoms with E-state index in [0.29, 0.717) is 6.04 Å². The molecule has 1 aromatic heterocycles. The number of nitrogens with two attached hydrogens (primary N) is 1. The molecule has 0 bridgehead atoms. The van der Waals surface area contributed by atoms with Crippen LogP contribution in [0, 0.1) is 0 Å². The van der Waals surface area contributed by atoms with Crippen LogP contribution >= 0.6 is 0 Å². The first-order chi connectivity index (χ1) is 9.83. The second kappa shape index (κ2) is 5.67. The number of anilines is 1. The Labute approximate surface area is 119 Å². The summed E-state index contributed by atoms with van der Waals surface area (Å²) in [6, 6.07) is 8.85. The molecular weight excluding hydrogens is 250 g/mol. The molecule has 1 aliphatic carbocycles. The highest BCUT2D eigenvalue weighted by Crippen LogP contribution is 2.35. The molecule has 1 saturated carbocycles. The van der Waals surface area contributed by atoms with Gasteiger partial charge in [0.15, 0.2) is 0 Å². The van der Waals surface area contributed by atoms with Crippen LogP contribution in [0.5, 0.6) is 5.75 Å². The maximum Gasteiger partial charge on any atom is 0.136 e. The van der Waals surface area contributed by atoms with Gasteiger partial charge in [0.05, 0.1) is 7.11 Å². The third-order valence-electron chi connectivity index (χ3n) is 3.81. The maximum atomic E-state index is 5.66. The van der Waals surface area contributed by atoms with Crippen molar-refractivity contribution in [3.8, 4) is 5.75 Å². The molecule has 4 heteroatoms. The van der Waals surface area contributed by atoms with E-state index in [9.17, 15) is 0 Å². The van der Waals surface area contributed by atoms with Crippen LogP contribution in [0.2, 0.25) is 0 Å². The molecule has 1 aromatic carbocycles. The zero-order chi connectivity index (χ0) is 13.9. The van der Waals surface area contributed by atoms with Crippen molar-refractivity contribution in [2.45, 2.75) is 25.3 Å². The number of hydrogen-bond acceptors (Lipinski definition) is 4. The SMILES string of the molecule is COc1ccc2c(N(CCCN)C3CC3)nccc2c1. The van der Waals surface area contributed by atoms with Crippen LogP contribution in [-0.4, -0.2) is 31.2 Å². The summed E-state index contributed by atoms with van der Waals surface area (Å²) in [5.41, 5.74) is 5.66. The van der Waals surface area contributed by atoms with E-state index >= 15 is 0 Å². The minimum atomic E-state index is 0.641. The number of aromatic nitrogens is 1. The molecule has 0 unspecified atom stereocenters. The summed E-state index contributed by atoms with van der Waals surface area (Å²) in [7, 11) is 1.70. The summed E-state index contributed by atoms with van der Waals surface area (Å²) in [4.78, 5) is 7.04. The fourth-order valence-electron chi connectivity index (χ4n) is 2.61. The molecule has 4 nitrogen and oxygen atoms in total. The highest BCUT2D eigenvalue weighted by molar-refractivity contribution is 5.93. The van der Waals surface area contributed by atoms with E-state index in [-0.39, 0.29) is 0 Å². The van der Waals surface area contributed by atoms with E-state index in [4.69, 9.17) is 10.5 Å². The molecule has 0 radical (unpaired) electrons. The average Bonchev–Trinajstić information content (AvgIpc) is 3.32. The predicted octanol–water partition coefficient (Wildman–Crippen LogP) is 2.56. The van der Waals surface area contributed by atoms with Crippen LogP contribution in [0.1, 0.15) is 19.3 Å². The third-order valence-corrected chi connectivity index (χ3v) is 3.81. The van der Waals surface area contributed by atoms with E-state index in [0.717, 1.165) is 31.1 Å². The molecule has 0 spiro atoms. The van der Waals surface area contributed by atoms with Crippen LogP contribution in [0.4, 0.5) is 5.82 Å². The molecule has 20 heavy (non-hydrogen) atoms. The van der Waals surface area contributed by atoms with Gasteiger partial charge in [-0.1, -0.05) is 0 Å². The monoisotopic (exact) mass is 271 g/mol. The van der Waals surface area contributed by atoms with Crippen LogP contribution < -0.4 is 15.4 Å². The number of rotatable bonds is 6. The average molecular weight is 271 g/mol. The Bertz CT molecular complexity index is 595. The molecule has 0 saturated heterocycles. The van der Waals surface area contributed by atoms with Crippen LogP contribution in [-0.2, 0) is 0 Å². The standard InChI is InChI=1S/C16H21N3O/c1-20-14-5-6-15-12(11-14)7-9-18-16(15)19(10-2-8-17)13-3-4-13/h5-7,9,11,13H,2-4,8,10,17H2,1H3. The van der Waals surface area contributed by atoms with Crippen molar-refractivity contribution in [2.75, 3.05) is 25.1 Å². The Kier molecular flexibility index (Phi) is 3.74. The van der Waals surface area contributed by atoms with Crippen molar-refractivity contribution < 1.29 is 4.74 Å². The van der Waals surface area contributed by atoms with Gasteiger partial charge in [-0.25, -0.2) is 4.98 Å². The summed E-state index contributed by atoms with van der Waals surface area (Å²) < 4.78 is 5.30. The van der Waals surface area contributed by atoms with Gasteiger partial charge in [0, 0.05) is 24.2 Å². The highest BCUT2D eigenvalue weighted by Gasteiger charge is 2.30. The van der Waals surface area contributed by atoms with Gasteiger partial charge < -0.3 is 15.4 Å². The molecule has 3 rings (SSSR count). The largest absolute Gasteiger partial charge is 0.497 e. The molecule has 2 aromatic rings. The van der Waals surface area contributed by atoms with Gasteiger partial charge in [0.1, 0.15) is 11.6 Å². The number of hydrogen-bond donors (Lipinski definition) is 1. The topological polar surface area (TPSA) is 51.4 Å². The van der Waals surface area contributed by atoms with Crippen LogP contribution in [0.3, 0.4) is 0 Å². The van der Waals surface area contributed by atoms with Gasteiger partial charge in [-0.3, -0.25) is 0 Å². The Hall–Kier alpha value is -1.81. The van der Waals surface area contributed by atoms with E-state index < -0.39 is 0 Å². The van der Waals surface area contributed by atoms with Crippen LogP contribution in [0.15, 0.2) is 30.5 Å². The second-order valence-corrected chi connectivity index (χ2v) is 5.29. The summed E-state index contributed by atoms with van der Waals surface area (Å²) in [6.45, 7) is 1.71. The molecule has 0 aliphatic heterocycles. The van der Waals surface area contributed by atoms with Gasteiger partial charge in [0.2, 0.25) is 0 Å². The molecule has 1 aliphatic rings. The fourth-order valence-corrected chi connectivity index (χ4v) is 2.61. The molecule has 0 amide bonds. The lowest BCUT2D eigenvalue weighted by molar-refractivity contribution is 0.415. The smallest absolute Gasteiger partial charge is 0.136 e. The molecule has 2 N–H and O–H groups in total. The van der Waals surface area contributed by atoms with Gasteiger partial charge in [0.25, 0.3) is 0 Å². The van der Waals surface area contributed by atoms with Crippen molar-refractivity contribution in [3.05, 3.63) is 30.5 Å². The first-order valence-corrected chi connectivity index (χ1v) is 7.23. The maximum absolute atomic E-state index is 5.66. The Morgan fingerprint density at radius 2 is 2.20 bits per heavy atom. The molecular formula is C16H21N3O. The van der Waals surface area contributed by atoms with Gasteiger partial charge in [-0.05, 0) is 55.5 Å². The number of ether oxygens (including phenoxy) is 1. The Morgan fingerprint density at radius 3 is 2.90 bits per heavy atom. The number of fused-ring (bicyclic) bond motifs is 1. The first kappa shape index (κ1) is 13.2. The zero-order valence-electron chi connectivity index (χ0n) is 11.9. The van der Waals surface area contributed by atoms with Crippen molar-refractivity contribution in [1.29, 1.82) is 0 Å². The third kappa shape index (κ3) is 2.56. The van der Waals surface area contributed by atoms with Crippen molar-refractivity contribution >= 4 is 16.6 Å². The van der Waals surface area contributed by atoms with Gasteiger partial charge >= 0.3 is 0 Å². The lowest BCUT2D eigenvalue weighted by atomic mass is 10.1. The Balaban J connectivity index is 2.00. The summed E-state index contributed by atoms with van der Waals surface area (Å²) >= 11 is 0. The molecule has 1 heterocycles. The van der Waals surface area contributed by atoms with E-state index in [1.54, 1.807) is 7.11 Å².